The molecule has 3 aromatic rings. The predicted octanol–water partition coefficient (Wildman–Crippen LogP) is 6.21. The molecule has 3 atom stereocenters. The van der Waals surface area contributed by atoms with Crippen LogP contribution in [0.1, 0.15) is 63.3 Å². The highest BCUT2D eigenvalue weighted by Gasteiger charge is 2.51. The van der Waals surface area contributed by atoms with Crippen molar-refractivity contribution in [2.75, 3.05) is 53.2 Å². The molecule has 0 spiro atoms. The van der Waals surface area contributed by atoms with Crippen molar-refractivity contribution in [2.45, 2.75) is 82.7 Å². The van der Waals surface area contributed by atoms with E-state index in [4.69, 9.17) is 28.6 Å². The third kappa shape index (κ3) is 9.95. The maximum atomic E-state index is 13.7. The second-order valence-electron chi connectivity index (χ2n) is 15.7. The second kappa shape index (κ2) is 18.9. The number of carbonyl (C=O) groups is 4. The molecule has 3 saturated heterocycles. The molecule has 4 fully saturated rings. The summed E-state index contributed by atoms with van der Waals surface area (Å²) in [5.41, 5.74) is -0.957. The Morgan fingerprint density at radius 1 is 1.05 bits per heavy atom. The summed E-state index contributed by atoms with van der Waals surface area (Å²) in [7, 11) is 0. The summed E-state index contributed by atoms with van der Waals surface area (Å²) in [5.74, 6) is -0.268. The number of ether oxygens (including phenoxy) is 1. The van der Waals surface area contributed by atoms with Crippen LogP contribution in [0.15, 0.2) is 48.7 Å². The maximum absolute atomic E-state index is 13.7. The number of pyridine rings is 1. The van der Waals surface area contributed by atoms with Crippen LogP contribution in [0.4, 0.5) is 35.9 Å². The van der Waals surface area contributed by atoms with Crippen LogP contribution < -0.4 is 25.2 Å². The third-order valence-electron chi connectivity index (χ3n) is 11.3. The summed E-state index contributed by atoms with van der Waals surface area (Å²) in [6, 6.07) is 12.7. The molecular formula is C41H46ClF3N8O5S3. The van der Waals surface area contributed by atoms with Crippen molar-refractivity contribution >= 4 is 102 Å². The van der Waals surface area contributed by atoms with Crippen LogP contribution in [-0.4, -0.2) is 99.7 Å². The largest absolute Gasteiger partial charge is 0.492 e. The Labute approximate surface area is 375 Å². The number of benzene rings is 2. The molecule has 1 saturated carbocycles. The SMILES string of the molecule is CCc1cc(N2C(=S)N(c3cnc(C#N)c(C(F)(F)F)c3)C(=O)C2(C)C)ccc1OCCN1C[C@@H]2C[C@H]1CN2CC(=O)Nc1cc(Cl)cc(NC2CCC(=O)CC2=O)c1.S.S. The smallest absolute Gasteiger partial charge is 0.419 e. The number of halogens is 4. The number of fused-ring (bicyclic) bond motifs is 2. The van der Waals surface area contributed by atoms with Gasteiger partial charge in [-0.05, 0) is 93.4 Å². The van der Waals surface area contributed by atoms with Crippen molar-refractivity contribution in [1.29, 1.82) is 5.26 Å². The standard InChI is InChI=1S/C41H42ClF3N8O5S.2H2S/c1-4-23-11-27(53-39(59)52(38(57)40(53,2)3)28-16-32(41(43,44)45)34(18-46)47-19-28)5-8-36(23)58-10-9-50-20-30-15-29(50)21-51(30)22-37(56)49-26-13-24(42)12-25(14-26)48-33-7-6-31(54)17-35(33)55;;/h5,8,11-14,16,19,29-30,33,48H,4,6-7,9-10,15,17,20-22H2,1-3H3,(H,49,56);2*1H2/t29-,30-,33?;;/m0../s1. The minimum Gasteiger partial charge on any atom is -0.492 e. The molecule has 3 aliphatic heterocycles. The molecule has 13 nitrogen and oxygen atoms in total. The molecule has 7 rings (SSSR count). The van der Waals surface area contributed by atoms with E-state index >= 15 is 0 Å². The monoisotopic (exact) mass is 918 g/mol. The van der Waals surface area contributed by atoms with Gasteiger partial charge >= 0.3 is 6.18 Å². The number of amides is 2. The molecular weight excluding hydrogens is 873 g/mol. The molecule has 1 unspecified atom stereocenters. The molecule has 2 aromatic carbocycles. The van der Waals surface area contributed by atoms with Crippen molar-refractivity contribution in [2.24, 2.45) is 0 Å². The van der Waals surface area contributed by atoms with E-state index < -0.39 is 34.9 Å². The molecule has 2 amide bonds. The number of carbonyl (C=O) groups excluding carboxylic acids is 4. The average Bonchev–Trinajstić information content (AvgIpc) is 3.80. The summed E-state index contributed by atoms with van der Waals surface area (Å²) in [4.78, 5) is 61.5. The van der Waals surface area contributed by atoms with Crippen molar-refractivity contribution in [3.63, 3.8) is 0 Å². The number of nitriles is 1. The van der Waals surface area contributed by atoms with Crippen molar-refractivity contribution < 1.29 is 37.1 Å². The molecule has 2 bridgehead atoms. The quantitative estimate of drug-likeness (QED) is 0.157. The number of alkyl halides is 3. The molecule has 4 heterocycles. The van der Waals surface area contributed by atoms with Crippen molar-refractivity contribution in [3.05, 3.63) is 70.5 Å². The Kier molecular flexibility index (Phi) is 14.7. The number of aromatic nitrogens is 1. The van der Waals surface area contributed by atoms with E-state index in [1.165, 1.54) is 6.07 Å². The number of anilines is 4. The van der Waals surface area contributed by atoms with Gasteiger partial charge in [0.05, 0.1) is 36.5 Å². The first kappa shape index (κ1) is 47.6. The molecule has 4 aliphatic rings. The zero-order chi connectivity index (χ0) is 42.4. The van der Waals surface area contributed by atoms with Gasteiger partial charge in [-0.15, -0.1) is 0 Å². The lowest BCUT2D eigenvalue weighted by atomic mass is 9.93. The zero-order valence-corrected chi connectivity index (χ0v) is 37.1. The predicted molar refractivity (Wildman–Crippen MR) is 239 cm³/mol. The summed E-state index contributed by atoms with van der Waals surface area (Å²) in [6.45, 7) is 8.07. The van der Waals surface area contributed by atoms with Gasteiger partial charge in [-0.25, -0.2) is 4.98 Å². The van der Waals surface area contributed by atoms with Gasteiger partial charge in [0.15, 0.2) is 16.6 Å². The van der Waals surface area contributed by atoms with Crippen LogP contribution in [0.25, 0.3) is 0 Å². The highest BCUT2D eigenvalue weighted by molar-refractivity contribution is 7.81. The number of hydrogen-bond acceptors (Lipinski definition) is 11. The molecule has 326 valence electrons. The summed E-state index contributed by atoms with van der Waals surface area (Å²) >= 11 is 12.0. The normalized spacial score (nSPS) is 21.2. The Balaban J connectivity index is 0.00000352. The number of thiocarbonyl (C=S) groups is 1. The lowest BCUT2D eigenvalue weighted by molar-refractivity contribution is -0.138. The minimum absolute atomic E-state index is 0. The molecule has 20 heteroatoms. The number of nitrogens with zero attached hydrogens (tertiary/aromatic N) is 6. The highest BCUT2D eigenvalue weighted by atomic mass is 35.5. The topological polar surface area (TPSA) is 151 Å². The number of likely N-dealkylation sites (tertiary alicyclic amines) is 2. The third-order valence-corrected chi connectivity index (χ3v) is 11.9. The van der Waals surface area contributed by atoms with E-state index in [0.717, 1.165) is 42.2 Å². The Bertz CT molecular complexity index is 2280. The minimum atomic E-state index is -4.86. The zero-order valence-electron chi connectivity index (χ0n) is 33.6. The fourth-order valence-corrected chi connectivity index (χ4v) is 9.14. The Morgan fingerprint density at radius 2 is 1.75 bits per heavy atom. The van der Waals surface area contributed by atoms with E-state index in [0.29, 0.717) is 60.2 Å². The Hall–Kier alpha value is -4.45. The number of nitrogens with one attached hydrogen (secondary N) is 2. The van der Waals surface area contributed by atoms with Crippen molar-refractivity contribution in [3.8, 4) is 11.8 Å². The number of aryl methyl sites for hydroxylation is 1. The van der Waals surface area contributed by atoms with Gasteiger partial charge in [-0.2, -0.15) is 45.4 Å². The van der Waals surface area contributed by atoms with Crippen LogP contribution >= 0.6 is 50.8 Å². The Morgan fingerprint density at radius 3 is 2.41 bits per heavy atom. The van der Waals surface area contributed by atoms with Crippen LogP contribution in [0.5, 0.6) is 5.75 Å². The maximum Gasteiger partial charge on any atom is 0.419 e. The fraction of sp³-hybridized carbons (Fsp3) is 0.439. The highest BCUT2D eigenvalue weighted by Crippen LogP contribution is 2.40. The second-order valence-corrected chi connectivity index (χ2v) is 16.5. The van der Waals surface area contributed by atoms with Crippen LogP contribution in [-0.2, 0) is 31.8 Å². The summed E-state index contributed by atoms with van der Waals surface area (Å²) in [5, 5.41) is 15.6. The number of hydrogen-bond donors (Lipinski definition) is 2. The number of piperazine rings is 1. The van der Waals surface area contributed by atoms with Crippen LogP contribution in [0, 0.1) is 11.3 Å². The summed E-state index contributed by atoms with van der Waals surface area (Å²) < 4.78 is 47.5. The number of Topliss-reactive ketones (excluding diaryl/α,β-unsaturated/α-hetero) is 2. The number of rotatable bonds is 12. The summed E-state index contributed by atoms with van der Waals surface area (Å²) in [6.07, 6.45) is -1.61. The van der Waals surface area contributed by atoms with Gasteiger partial charge in [-0.3, -0.25) is 33.9 Å². The lowest BCUT2D eigenvalue weighted by Gasteiger charge is -2.33. The van der Waals surface area contributed by atoms with Crippen LogP contribution in [0.3, 0.4) is 0 Å². The number of ketones is 2. The van der Waals surface area contributed by atoms with Gasteiger partial charge in [0.2, 0.25) is 5.91 Å². The van der Waals surface area contributed by atoms with Gasteiger partial charge in [0, 0.05) is 60.2 Å². The van der Waals surface area contributed by atoms with Crippen LogP contribution in [0.2, 0.25) is 5.02 Å². The average molecular weight is 920 g/mol. The first-order valence-corrected chi connectivity index (χ1v) is 20.1. The van der Waals surface area contributed by atoms with E-state index in [9.17, 15) is 37.6 Å². The fourth-order valence-electron chi connectivity index (χ4n) is 8.39. The first-order valence-electron chi connectivity index (χ1n) is 19.3. The van der Waals surface area contributed by atoms with E-state index in [2.05, 4.69) is 25.4 Å². The molecule has 2 N–H and O–H groups in total. The molecule has 61 heavy (non-hydrogen) atoms. The van der Waals surface area contributed by atoms with Gasteiger partial charge < -0.3 is 20.3 Å². The lowest BCUT2D eigenvalue weighted by Crippen LogP contribution is -2.49. The van der Waals surface area contributed by atoms with E-state index in [-0.39, 0.29) is 80.3 Å². The molecule has 1 aliphatic carbocycles. The van der Waals surface area contributed by atoms with Crippen molar-refractivity contribution in [1.82, 2.24) is 14.8 Å². The van der Waals surface area contributed by atoms with Gasteiger partial charge in [-0.1, -0.05) is 18.5 Å². The molecule has 0 radical (unpaired) electrons. The first-order chi connectivity index (χ1) is 28.0. The van der Waals surface area contributed by atoms with E-state index in [1.807, 2.05) is 13.0 Å². The van der Waals surface area contributed by atoms with E-state index in [1.54, 1.807) is 49.1 Å². The van der Waals surface area contributed by atoms with Gasteiger partial charge in [0.1, 0.15) is 29.7 Å². The van der Waals surface area contributed by atoms with Gasteiger partial charge in [0.25, 0.3) is 5.91 Å². The molecule has 1 aromatic heterocycles.